The molecule has 0 heterocycles. The lowest BCUT2D eigenvalue weighted by Gasteiger charge is -2.23. The lowest BCUT2D eigenvalue weighted by molar-refractivity contribution is 0.129. The fraction of sp³-hybridized carbons (Fsp3) is 0.562. The normalized spacial score (nSPS) is 15.3. The minimum Gasteiger partial charge on any atom is -0.488 e. The molecule has 1 saturated carbocycles. The van der Waals surface area contributed by atoms with Gasteiger partial charge in [-0.3, -0.25) is 0 Å². The molecule has 1 aromatic carbocycles. The number of nitrogens with zero attached hydrogens (tertiary/aromatic N) is 1. The highest BCUT2D eigenvalue weighted by atomic mass is 127. The molecule has 2 rings (SSSR count). The highest BCUT2D eigenvalue weighted by Gasteiger charge is 2.21. The molecule has 0 spiro atoms. The van der Waals surface area contributed by atoms with Crippen LogP contribution in [0.3, 0.4) is 0 Å². The van der Waals surface area contributed by atoms with E-state index in [-0.39, 0.29) is 29.6 Å². The molecular formula is C16H26IN3O. The number of guanidine groups is 1. The van der Waals surface area contributed by atoms with Gasteiger partial charge >= 0.3 is 0 Å². The molecular weight excluding hydrogens is 377 g/mol. The average molecular weight is 403 g/mol. The van der Waals surface area contributed by atoms with Gasteiger partial charge in [-0.15, -0.1) is 24.0 Å². The van der Waals surface area contributed by atoms with E-state index >= 15 is 0 Å². The SMILES string of the molecule is Cc1ccc(CN=C(N)NC2CC2)c(OC(C)(C)C)c1.I. The van der Waals surface area contributed by atoms with Crippen LogP contribution in [0.2, 0.25) is 0 Å². The second-order valence-electron chi connectivity index (χ2n) is 6.45. The minimum atomic E-state index is -0.218. The summed E-state index contributed by atoms with van der Waals surface area (Å²) in [6, 6.07) is 6.72. The van der Waals surface area contributed by atoms with Gasteiger partial charge in [0, 0.05) is 11.6 Å². The van der Waals surface area contributed by atoms with Crippen LogP contribution in [-0.2, 0) is 6.54 Å². The van der Waals surface area contributed by atoms with Crippen molar-refractivity contribution in [2.75, 3.05) is 0 Å². The summed E-state index contributed by atoms with van der Waals surface area (Å²) < 4.78 is 6.01. The van der Waals surface area contributed by atoms with E-state index in [0.717, 1.165) is 11.3 Å². The van der Waals surface area contributed by atoms with Crippen LogP contribution in [0.5, 0.6) is 5.75 Å². The van der Waals surface area contributed by atoms with E-state index in [4.69, 9.17) is 10.5 Å². The quantitative estimate of drug-likeness (QED) is 0.461. The smallest absolute Gasteiger partial charge is 0.189 e. The molecule has 0 radical (unpaired) electrons. The fourth-order valence-electron chi connectivity index (χ4n) is 1.87. The van der Waals surface area contributed by atoms with Gasteiger partial charge in [0.2, 0.25) is 0 Å². The van der Waals surface area contributed by atoms with Crippen molar-refractivity contribution in [1.82, 2.24) is 5.32 Å². The minimum absolute atomic E-state index is 0. The van der Waals surface area contributed by atoms with Crippen molar-refractivity contribution < 1.29 is 4.74 Å². The van der Waals surface area contributed by atoms with Gasteiger partial charge in [-0.2, -0.15) is 0 Å². The van der Waals surface area contributed by atoms with Gasteiger partial charge in [0.25, 0.3) is 0 Å². The lowest BCUT2D eigenvalue weighted by Crippen LogP contribution is -2.33. The summed E-state index contributed by atoms with van der Waals surface area (Å²) >= 11 is 0. The second-order valence-corrected chi connectivity index (χ2v) is 6.45. The highest BCUT2D eigenvalue weighted by Crippen LogP contribution is 2.25. The third-order valence-electron chi connectivity index (χ3n) is 2.99. The van der Waals surface area contributed by atoms with Gasteiger partial charge < -0.3 is 15.8 Å². The maximum atomic E-state index is 6.01. The number of hydrogen-bond donors (Lipinski definition) is 2. The molecule has 3 N–H and O–H groups in total. The molecule has 0 amide bonds. The summed E-state index contributed by atoms with van der Waals surface area (Å²) in [6.07, 6.45) is 2.39. The lowest BCUT2D eigenvalue weighted by atomic mass is 10.1. The molecule has 5 heteroatoms. The summed E-state index contributed by atoms with van der Waals surface area (Å²) in [7, 11) is 0. The second kappa shape index (κ2) is 7.33. The zero-order valence-corrected chi connectivity index (χ0v) is 15.6. The Morgan fingerprint density at radius 2 is 2.05 bits per heavy atom. The molecule has 0 atom stereocenters. The van der Waals surface area contributed by atoms with Crippen LogP contribution in [0.25, 0.3) is 0 Å². The number of aliphatic imine (C=N–C) groups is 1. The Labute approximate surface area is 144 Å². The number of rotatable bonds is 4. The zero-order chi connectivity index (χ0) is 14.8. The molecule has 0 saturated heterocycles. The van der Waals surface area contributed by atoms with Gasteiger partial charge in [0.1, 0.15) is 11.4 Å². The van der Waals surface area contributed by atoms with Crippen LogP contribution >= 0.6 is 24.0 Å². The first-order chi connectivity index (χ1) is 9.33. The number of nitrogens with one attached hydrogen (secondary N) is 1. The summed E-state index contributed by atoms with van der Waals surface area (Å²) in [4.78, 5) is 4.40. The number of ether oxygens (including phenoxy) is 1. The van der Waals surface area contributed by atoms with E-state index in [1.165, 1.54) is 18.4 Å². The van der Waals surface area contributed by atoms with E-state index in [1.54, 1.807) is 0 Å². The summed E-state index contributed by atoms with van der Waals surface area (Å²) in [5.41, 5.74) is 7.89. The summed E-state index contributed by atoms with van der Waals surface area (Å²) in [5.74, 6) is 1.41. The molecule has 118 valence electrons. The number of aryl methyl sites for hydroxylation is 1. The van der Waals surface area contributed by atoms with E-state index in [9.17, 15) is 0 Å². The first kappa shape index (κ1) is 18.1. The Balaban J connectivity index is 0.00000220. The fourth-order valence-corrected chi connectivity index (χ4v) is 1.87. The van der Waals surface area contributed by atoms with E-state index < -0.39 is 0 Å². The van der Waals surface area contributed by atoms with Crippen molar-refractivity contribution in [2.24, 2.45) is 10.7 Å². The Morgan fingerprint density at radius 3 is 2.62 bits per heavy atom. The third kappa shape index (κ3) is 6.54. The van der Waals surface area contributed by atoms with Crippen LogP contribution in [0.4, 0.5) is 0 Å². The van der Waals surface area contributed by atoms with Crippen molar-refractivity contribution in [2.45, 2.75) is 58.7 Å². The molecule has 0 aromatic heterocycles. The highest BCUT2D eigenvalue weighted by molar-refractivity contribution is 14.0. The molecule has 1 aliphatic rings. The summed E-state index contributed by atoms with van der Waals surface area (Å²) in [5, 5.41) is 3.19. The average Bonchev–Trinajstić information content (AvgIpc) is 3.09. The van der Waals surface area contributed by atoms with Crippen LogP contribution in [0.15, 0.2) is 23.2 Å². The number of hydrogen-bond acceptors (Lipinski definition) is 2. The number of benzene rings is 1. The Morgan fingerprint density at radius 1 is 1.38 bits per heavy atom. The van der Waals surface area contributed by atoms with E-state index in [1.807, 2.05) is 20.8 Å². The molecule has 4 nitrogen and oxygen atoms in total. The van der Waals surface area contributed by atoms with Gasteiger partial charge in [0.05, 0.1) is 6.54 Å². The van der Waals surface area contributed by atoms with Gasteiger partial charge in [-0.1, -0.05) is 12.1 Å². The van der Waals surface area contributed by atoms with Crippen molar-refractivity contribution in [3.8, 4) is 5.75 Å². The zero-order valence-electron chi connectivity index (χ0n) is 13.3. The van der Waals surface area contributed by atoms with Crippen molar-refractivity contribution in [3.05, 3.63) is 29.3 Å². The number of nitrogens with two attached hydrogens (primary N) is 1. The molecule has 1 aromatic rings. The Bertz CT molecular complexity index is 505. The van der Waals surface area contributed by atoms with Crippen molar-refractivity contribution >= 4 is 29.9 Å². The topological polar surface area (TPSA) is 59.6 Å². The first-order valence-electron chi connectivity index (χ1n) is 7.18. The first-order valence-corrected chi connectivity index (χ1v) is 7.18. The Kier molecular flexibility index (Phi) is 6.31. The van der Waals surface area contributed by atoms with E-state index in [0.29, 0.717) is 18.5 Å². The molecule has 1 fully saturated rings. The van der Waals surface area contributed by atoms with E-state index in [2.05, 4.69) is 35.4 Å². The van der Waals surface area contributed by atoms with Crippen LogP contribution in [0.1, 0.15) is 44.7 Å². The number of halogens is 1. The Hall–Kier alpha value is -0.980. The van der Waals surface area contributed by atoms with Crippen LogP contribution in [0, 0.1) is 6.92 Å². The third-order valence-corrected chi connectivity index (χ3v) is 2.99. The molecule has 21 heavy (non-hydrogen) atoms. The maximum absolute atomic E-state index is 6.01. The maximum Gasteiger partial charge on any atom is 0.189 e. The van der Waals surface area contributed by atoms with Gasteiger partial charge in [-0.25, -0.2) is 4.99 Å². The molecule has 0 aliphatic heterocycles. The summed E-state index contributed by atoms with van der Waals surface area (Å²) in [6.45, 7) is 8.74. The van der Waals surface area contributed by atoms with Gasteiger partial charge in [0.15, 0.2) is 5.96 Å². The van der Waals surface area contributed by atoms with Gasteiger partial charge in [-0.05, 0) is 52.2 Å². The monoisotopic (exact) mass is 403 g/mol. The standard InChI is InChI=1S/C16H25N3O.HI/c1-11-5-6-12(14(9-11)20-16(2,3)4)10-18-15(17)19-13-7-8-13;/h5-6,9,13H,7-8,10H2,1-4H3,(H3,17,18,19);1H. The predicted molar refractivity (Wildman–Crippen MR) is 98.5 cm³/mol. The van der Waals surface area contributed by atoms with Crippen molar-refractivity contribution in [3.63, 3.8) is 0 Å². The molecule has 1 aliphatic carbocycles. The molecule has 0 bridgehead atoms. The largest absolute Gasteiger partial charge is 0.488 e. The van der Waals surface area contributed by atoms with Crippen LogP contribution in [-0.4, -0.2) is 17.6 Å². The predicted octanol–water partition coefficient (Wildman–Crippen LogP) is 3.36. The molecule has 0 unspecified atom stereocenters. The van der Waals surface area contributed by atoms with Crippen molar-refractivity contribution in [1.29, 1.82) is 0 Å². The van der Waals surface area contributed by atoms with Crippen LogP contribution < -0.4 is 15.8 Å².